The molecule has 3 rings (SSSR count). The van der Waals surface area contributed by atoms with Crippen molar-refractivity contribution in [3.8, 4) is 0 Å². The Labute approximate surface area is 130 Å². The van der Waals surface area contributed by atoms with Crippen LogP contribution < -0.4 is 5.73 Å². The first kappa shape index (κ1) is 14.4. The van der Waals surface area contributed by atoms with E-state index in [1.165, 1.54) is 49.5 Å². The molecule has 1 aromatic heterocycles. The lowest BCUT2D eigenvalue weighted by Crippen LogP contribution is -2.34. The molecule has 2 aliphatic rings. The van der Waals surface area contributed by atoms with Gasteiger partial charge in [-0.2, -0.15) is 0 Å². The number of piperidine rings is 1. The van der Waals surface area contributed by atoms with E-state index in [9.17, 15) is 0 Å². The van der Waals surface area contributed by atoms with Crippen molar-refractivity contribution in [2.75, 3.05) is 19.6 Å². The molecule has 2 heterocycles. The van der Waals surface area contributed by atoms with Crippen molar-refractivity contribution in [1.82, 2.24) is 9.88 Å². The molecule has 20 heavy (non-hydrogen) atoms. The standard InChI is InChI=1S/C15H23N3S2/c1-10-4-7-18(8-5-10)9-6-12-17-13(11-2-3-11)14(20-12)15(16)19/h10-11H,2-9H2,1H3,(H2,16,19). The van der Waals surface area contributed by atoms with Crippen LogP contribution in [0.2, 0.25) is 0 Å². The lowest BCUT2D eigenvalue weighted by Gasteiger charge is -2.29. The highest BCUT2D eigenvalue weighted by Crippen LogP contribution is 2.42. The Morgan fingerprint density at radius 2 is 2.05 bits per heavy atom. The Morgan fingerprint density at radius 3 is 2.65 bits per heavy atom. The Balaban J connectivity index is 1.60. The second-order valence-electron chi connectivity index (χ2n) is 6.23. The van der Waals surface area contributed by atoms with E-state index in [1.54, 1.807) is 11.3 Å². The van der Waals surface area contributed by atoms with Gasteiger partial charge in [0.2, 0.25) is 0 Å². The van der Waals surface area contributed by atoms with Gasteiger partial charge < -0.3 is 10.6 Å². The molecule has 3 nitrogen and oxygen atoms in total. The molecular formula is C15H23N3S2. The van der Waals surface area contributed by atoms with Crippen LogP contribution in [0.25, 0.3) is 0 Å². The smallest absolute Gasteiger partial charge is 0.116 e. The fourth-order valence-corrected chi connectivity index (χ4v) is 4.05. The Morgan fingerprint density at radius 1 is 1.35 bits per heavy atom. The molecule has 1 saturated carbocycles. The average molecular weight is 310 g/mol. The van der Waals surface area contributed by atoms with E-state index in [4.69, 9.17) is 22.9 Å². The molecular weight excluding hydrogens is 286 g/mol. The van der Waals surface area contributed by atoms with Crippen molar-refractivity contribution in [2.24, 2.45) is 11.7 Å². The normalized spacial score (nSPS) is 21.2. The number of likely N-dealkylation sites (tertiary alicyclic amines) is 1. The van der Waals surface area contributed by atoms with Gasteiger partial charge in [0.05, 0.1) is 15.6 Å². The Bertz CT molecular complexity index is 485. The quantitative estimate of drug-likeness (QED) is 0.849. The number of hydrogen-bond acceptors (Lipinski definition) is 4. The minimum Gasteiger partial charge on any atom is -0.389 e. The molecule has 1 aliphatic carbocycles. The van der Waals surface area contributed by atoms with Gasteiger partial charge in [0.25, 0.3) is 0 Å². The van der Waals surface area contributed by atoms with Gasteiger partial charge >= 0.3 is 0 Å². The van der Waals surface area contributed by atoms with Crippen LogP contribution in [0.1, 0.15) is 54.1 Å². The van der Waals surface area contributed by atoms with Crippen LogP contribution in [-0.4, -0.2) is 34.5 Å². The predicted molar refractivity (Wildman–Crippen MR) is 88.5 cm³/mol. The first-order valence-corrected chi connectivity index (χ1v) is 8.87. The topological polar surface area (TPSA) is 42.2 Å². The zero-order valence-corrected chi connectivity index (χ0v) is 13.7. The largest absolute Gasteiger partial charge is 0.389 e. The molecule has 0 spiro atoms. The van der Waals surface area contributed by atoms with Gasteiger partial charge in [-0.15, -0.1) is 11.3 Å². The first-order valence-electron chi connectivity index (χ1n) is 7.65. The number of aromatic nitrogens is 1. The monoisotopic (exact) mass is 309 g/mol. The minimum atomic E-state index is 0.530. The van der Waals surface area contributed by atoms with Crippen molar-refractivity contribution in [1.29, 1.82) is 0 Å². The van der Waals surface area contributed by atoms with Crippen LogP contribution >= 0.6 is 23.6 Å². The van der Waals surface area contributed by atoms with E-state index in [-0.39, 0.29) is 0 Å². The lowest BCUT2D eigenvalue weighted by molar-refractivity contribution is 0.194. The van der Waals surface area contributed by atoms with Crippen LogP contribution in [-0.2, 0) is 6.42 Å². The fraction of sp³-hybridized carbons (Fsp3) is 0.733. The van der Waals surface area contributed by atoms with Crippen LogP contribution in [0.15, 0.2) is 0 Å². The summed E-state index contributed by atoms with van der Waals surface area (Å²) in [5.41, 5.74) is 7.02. The van der Waals surface area contributed by atoms with Crippen molar-refractivity contribution < 1.29 is 0 Å². The molecule has 0 aromatic carbocycles. The summed E-state index contributed by atoms with van der Waals surface area (Å²) in [5.74, 6) is 1.53. The van der Waals surface area contributed by atoms with E-state index in [0.717, 1.165) is 23.8 Å². The summed E-state index contributed by atoms with van der Waals surface area (Å²) in [7, 11) is 0. The molecule has 2 fully saturated rings. The second kappa shape index (κ2) is 6.08. The third kappa shape index (κ3) is 3.38. The molecule has 0 atom stereocenters. The molecule has 0 unspecified atom stereocenters. The fourth-order valence-electron chi connectivity index (χ4n) is 2.83. The third-order valence-electron chi connectivity index (χ3n) is 4.40. The SMILES string of the molecule is CC1CCN(CCc2nc(C3CC3)c(C(N)=S)s2)CC1. The van der Waals surface area contributed by atoms with Gasteiger partial charge in [-0.3, -0.25) is 0 Å². The minimum absolute atomic E-state index is 0.530. The summed E-state index contributed by atoms with van der Waals surface area (Å²) >= 11 is 6.89. The summed E-state index contributed by atoms with van der Waals surface area (Å²) in [4.78, 5) is 8.99. The highest BCUT2D eigenvalue weighted by Gasteiger charge is 2.30. The number of nitrogens with two attached hydrogens (primary N) is 1. The lowest BCUT2D eigenvalue weighted by atomic mass is 9.99. The van der Waals surface area contributed by atoms with E-state index in [1.807, 2.05) is 0 Å². The van der Waals surface area contributed by atoms with Crippen LogP contribution in [0.5, 0.6) is 0 Å². The maximum Gasteiger partial charge on any atom is 0.116 e. The maximum absolute atomic E-state index is 5.84. The van der Waals surface area contributed by atoms with Crippen molar-refractivity contribution in [2.45, 2.75) is 44.9 Å². The molecule has 2 N–H and O–H groups in total. The summed E-state index contributed by atoms with van der Waals surface area (Å²) in [6.07, 6.45) is 6.22. The summed E-state index contributed by atoms with van der Waals surface area (Å²) < 4.78 is 0. The summed E-state index contributed by atoms with van der Waals surface area (Å²) in [6, 6.07) is 0. The highest BCUT2D eigenvalue weighted by molar-refractivity contribution is 7.81. The third-order valence-corrected chi connectivity index (χ3v) is 5.90. The number of thiazole rings is 1. The molecule has 1 saturated heterocycles. The number of hydrogen-bond donors (Lipinski definition) is 1. The zero-order valence-electron chi connectivity index (χ0n) is 12.1. The molecule has 110 valence electrons. The number of rotatable bonds is 5. The van der Waals surface area contributed by atoms with Gasteiger partial charge in [-0.1, -0.05) is 19.1 Å². The highest BCUT2D eigenvalue weighted by atomic mass is 32.1. The second-order valence-corrected chi connectivity index (χ2v) is 7.76. The first-order chi connectivity index (χ1) is 9.63. The maximum atomic E-state index is 5.84. The van der Waals surface area contributed by atoms with Crippen molar-refractivity contribution >= 4 is 28.5 Å². The summed E-state index contributed by atoms with van der Waals surface area (Å²) in [5, 5.41) is 1.22. The van der Waals surface area contributed by atoms with Gasteiger partial charge in [0.1, 0.15) is 4.99 Å². The predicted octanol–water partition coefficient (Wildman–Crippen LogP) is 2.93. The van der Waals surface area contributed by atoms with Gasteiger partial charge in [-0.05, 0) is 44.7 Å². The summed E-state index contributed by atoms with van der Waals surface area (Å²) in [6.45, 7) is 5.96. The Hall–Kier alpha value is -0.520. The van der Waals surface area contributed by atoms with E-state index < -0.39 is 0 Å². The van der Waals surface area contributed by atoms with E-state index >= 15 is 0 Å². The van der Waals surface area contributed by atoms with E-state index in [0.29, 0.717) is 10.9 Å². The number of nitrogens with zero attached hydrogens (tertiary/aromatic N) is 2. The van der Waals surface area contributed by atoms with E-state index in [2.05, 4.69) is 11.8 Å². The average Bonchev–Trinajstić information content (AvgIpc) is 3.18. The Kier molecular flexibility index (Phi) is 4.38. The molecule has 0 radical (unpaired) electrons. The van der Waals surface area contributed by atoms with Crippen molar-refractivity contribution in [3.63, 3.8) is 0 Å². The van der Waals surface area contributed by atoms with Gasteiger partial charge in [-0.25, -0.2) is 4.98 Å². The molecule has 0 amide bonds. The van der Waals surface area contributed by atoms with Crippen LogP contribution in [0.3, 0.4) is 0 Å². The molecule has 0 bridgehead atoms. The van der Waals surface area contributed by atoms with Crippen molar-refractivity contribution in [3.05, 3.63) is 15.6 Å². The number of thiocarbonyl (C=S) groups is 1. The molecule has 1 aliphatic heterocycles. The zero-order chi connectivity index (χ0) is 14.1. The van der Waals surface area contributed by atoms with Gasteiger partial charge in [0.15, 0.2) is 0 Å². The van der Waals surface area contributed by atoms with Crippen LogP contribution in [0.4, 0.5) is 0 Å². The molecule has 1 aromatic rings. The van der Waals surface area contributed by atoms with Crippen LogP contribution in [0, 0.1) is 5.92 Å². The molecule has 5 heteroatoms. The van der Waals surface area contributed by atoms with Gasteiger partial charge in [0, 0.05) is 18.9 Å².